The van der Waals surface area contributed by atoms with E-state index in [0.29, 0.717) is 5.75 Å². The number of hydrogen-bond acceptors (Lipinski definition) is 2. The van der Waals surface area contributed by atoms with Crippen LogP contribution in [0.25, 0.3) is 0 Å². The molecule has 1 rings (SSSR count). The zero-order chi connectivity index (χ0) is 12.1. The van der Waals surface area contributed by atoms with Gasteiger partial charge >= 0.3 is 5.97 Å². The molecule has 0 spiro atoms. The molecule has 0 atom stereocenters. The smallest absolute Gasteiger partial charge is 0.339 e. The van der Waals surface area contributed by atoms with Gasteiger partial charge in [0.1, 0.15) is 11.3 Å². The van der Waals surface area contributed by atoms with Gasteiger partial charge in [-0.2, -0.15) is 0 Å². The van der Waals surface area contributed by atoms with Crippen molar-refractivity contribution in [3.63, 3.8) is 0 Å². The van der Waals surface area contributed by atoms with Crippen LogP contribution >= 0.6 is 15.9 Å². The molecule has 1 aromatic rings. The fraction of sp³-hybridized carbons (Fsp3) is 0.417. The molecule has 0 unspecified atom stereocenters. The van der Waals surface area contributed by atoms with E-state index >= 15 is 0 Å². The quantitative estimate of drug-likeness (QED) is 0.897. The highest BCUT2D eigenvalue weighted by Gasteiger charge is 2.14. The summed E-state index contributed by atoms with van der Waals surface area (Å²) in [5.74, 6) is -0.536. The lowest BCUT2D eigenvalue weighted by Gasteiger charge is -2.17. The first-order valence-corrected chi connectivity index (χ1v) is 6.07. The Hall–Kier alpha value is -1.03. The first-order chi connectivity index (χ1) is 7.58. The van der Waals surface area contributed by atoms with Gasteiger partial charge in [0.05, 0.1) is 6.10 Å². The van der Waals surface area contributed by atoms with Crippen molar-refractivity contribution in [2.24, 2.45) is 0 Å². The van der Waals surface area contributed by atoms with Gasteiger partial charge in [-0.05, 0) is 31.0 Å². The third-order valence-electron chi connectivity index (χ3n) is 2.38. The fourth-order valence-corrected chi connectivity index (χ4v) is 1.77. The Balaban J connectivity index is 2.98. The van der Waals surface area contributed by atoms with Crippen molar-refractivity contribution >= 4 is 21.9 Å². The van der Waals surface area contributed by atoms with E-state index in [9.17, 15) is 4.79 Å². The third-order valence-corrected chi connectivity index (χ3v) is 2.87. The van der Waals surface area contributed by atoms with Gasteiger partial charge in [-0.1, -0.05) is 29.8 Å². The lowest BCUT2D eigenvalue weighted by atomic mass is 10.2. The summed E-state index contributed by atoms with van der Waals surface area (Å²) in [6.07, 6.45) is 1.80. The Kier molecular flexibility index (Phi) is 4.80. The van der Waals surface area contributed by atoms with Crippen LogP contribution in [0.3, 0.4) is 0 Å². The number of carboxylic acids is 1. The molecule has 0 aromatic heterocycles. The van der Waals surface area contributed by atoms with E-state index in [2.05, 4.69) is 15.9 Å². The predicted molar refractivity (Wildman–Crippen MR) is 66.1 cm³/mol. The van der Waals surface area contributed by atoms with Gasteiger partial charge < -0.3 is 9.84 Å². The van der Waals surface area contributed by atoms with Gasteiger partial charge in [0, 0.05) is 4.47 Å². The van der Waals surface area contributed by atoms with Crippen molar-refractivity contribution in [2.75, 3.05) is 0 Å². The predicted octanol–water partition coefficient (Wildman–Crippen LogP) is 3.71. The maximum absolute atomic E-state index is 11.0. The number of benzene rings is 1. The van der Waals surface area contributed by atoms with Crippen LogP contribution in [0, 0.1) is 0 Å². The molecule has 1 aromatic carbocycles. The van der Waals surface area contributed by atoms with Crippen molar-refractivity contribution < 1.29 is 14.6 Å². The zero-order valence-corrected chi connectivity index (χ0v) is 11.0. The average Bonchev–Trinajstić information content (AvgIpc) is 2.27. The van der Waals surface area contributed by atoms with E-state index in [1.54, 1.807) is 18.2 Å². The maximum Gasteiger partial charge on any atom is 0.339 e. The Morgan fingerprint density at radius 1 is 1.44 bits per heavy atom. The lowest BCUT2D eigenvalue weighted by molar-refractivity contribution is 0.0688. The Morgan fingerprint density at radius 3 is 2.56 bits per heavy atom. The van der Waals surface area contributed by atoms with E-state index in [0.717, 1.165) is 17.3 Å². The molecule has 0 aliphatic heterocycles. The highest BCUT2D eigenvalue weighted by Crippen LogP contribution is 2.25. The minimum absolute atomic E-state index is 0.0688. The van der Waals surface area contributed by atoms with Crippen LogP contribution in [0.4, 0.5) is 0 Å². The number of carbonyl (C=O) groups is 1. The minimum Gasteiger partial charge on any atom is -0.490 e. The van der Waals surface area contributed by atoms with Crippen molar-refractivity contribution in [1.82, 2.24) is 0 Å². The van der Waals surface area contributed by atoms with E-state index in [4.69, 9.17) is 9.84 Å². The van der Waals surface area contributed by atoms with Gasteiger partial charge in [-0.25, -0.2) is 4.79 Å². The molecule has 0 saturated carbocycles. The second-order valence-electron chi connectivity index (χ2n) is 3.50. The first-order valence-electron chi connectivity index (χ1n) is 5.28. The normalized spacial score (nSPS) is 10.5. The zero-order valence-electron chi connectivity index (χ0n) is 9.37. The van der Waals surface area contributed by atoms with Crippen molar-refractivity contribution in [1.29, 1.82) is 0 Å². The van der Waals surface area contributed by atoms with Crippen molar-refractivity contribution in [2.45, 2.75) is 32.8 Å². The molecule has 1 N–H and O–H groups in total. The molecular formula is C12H15BrO3. The first kappa shape index (κ1) is 13.0. The fourth-order valence-electron chi connectivity index (χ4n) is 1.41. The molecule has 16 heavy (non-hydrogen) atoms. The largest absolute Gasteiger partial charge is 0.490 e. The van der Waals surface area contributed by atoms with Crippen LogP contribution in [-0.4, -0.2) is 17.2 Å². The molecule has 0 aliphatic rings. The Bertz CT molecular complexity index is 373. The van der Waals surface area contributed by atoms with Crippen LogP contribution < -0.4 is 4.74 Å². The summed E-state index contributed by atoms with van der Waals surface area (Å²) in [6, 6.07) is 5.02. The molecule has 0 fully saturated rings. The van der Waals surface area contributed by atoms with Crippen LogP contribution in [0.2, 0.25) is 0 Å². The second kappa shape index (κ2) is 5.89. The van der Waals surface area contributed by atoms with E-state index in [1.807, 2.05) is 13.8 Å². The number of halogens is 1. The number of hydrogen-bond donors (Lipinski definition) is 1. The van der Waals surface area contributed by atoms with Crippen molar-refractivity contribution in [3.05, 3.63) is 28.2 Å². The summed E-state index contributed by atoms with van der Waals surface area (Å²) in [6.45, 7) is 4.04. The number of aromatic carboxylic acids is 1. The van der Waals surface area contributed by atoms with Crippen LogP contribution in [0.5, 0.6) is 5.75 Å². The highest BCUT2D eigenvalue weighted by molar-refractivity contribution is 9.10. The Morgan fingerprint density at radius 2 is 2.06 bits per heavy atom. The van der Waals surface area contributed by atoms with Crippen LogP contribution in [0.1, 0.15) is 37.0 Å². The molecule has 4 heteroatoms. The summed E-state index contributed by atoms with van der Waals surface area (Å²) in [5.41, 5.74) is 0.196. The molecular weight excluding hydrogens is 272 g/mol. The lowest BCUT2D eigenvalue weighted by Crippen LogP contribution is -2.15. The maximum atomic E-state index is 11.0. The second-order valence-corrected chi connectivity index (χ2v) is 4.42. The number of ether oxygens (including phenoxy) is 1. The van der Waals surface area contributed by atoms with Gasteiger partial charge in [0.15, 0.2) is 0 Å². The summed E-state index contributed by atoms with van der Waals surface area (Å²) < 4.78 is 6.40. The molecule has 0 saturated heterocycles. The Labute approximate surface area is 104 Å². The molecule has 0 bridgehead atoms. The molecule has 88 valence electrons. The molecule has 0 aliphatic carbocycles. The average molecular weight is 287 g/mol. The van der Waals surface area contributed by atoms with Crippen LogP contribution in [0.15, 0.2) is 22.7 Å². The van der Waals surface area contributed by atoms with Crippen LogP contribution in [-0.2, 0) is 0 Å². The standard InChI is InChI=1S/C12H15BrO3/c1-3-9(4-2)16-11-6-5-8(13)7-10(11)12(14)15/h5-7,9H,3-4H2,1-2H3,(H,14,15). The molecule has 0 heterocycles. The van der Waals surface area contributed by atoms with E-state index in [-0.39, 0.29) is 11.7 Å². The van der Waals surface area contributed by atoms with Gasteiger partial charge in [-0.3, -0.25) is 0 Å². The monoisotopic (exact) mass is 286 g/mol. The van der Waals surface area contributed by atoms with Gasteiger partial charge in [-0.15, -0.1) is 0 Å². The van der Waals surface area contributed by atoms with Gasteiger partial charge in [0.2, 0.25) is 0 Å². The van der Waals surface area contributed by atoms with E-state index < -0.39 is 5.97 Å². The topological polar surface area (TPSA) is 46.5 Å². The molecule has 3 nitrogen and oxygen atoms in total. The molecule has 0 radical (unpaired) electrons. The summed E-state index contributed by atoms with van der Waals surface area (Å²) >= 11 is 3.25. The van der Waals surface area contributed by atoms with E-state index in [1.165, 1.54) is 0 Å². The summed E-state index contributed by atoms with van der Waals surface area (Å²) in [5, 5.41) is 9.05. The minimum atomic E-state index is -0.970. The number of rotatable bonds is 5. The SMILES string of the molecule is CCC(CC)Oc1ccc(Br)cc1C(=O)O. The summed E-state index contributed by atoms with van der Waals surface area (Å²) in [7, 11) is 0. The number of carboxylic acid groups (broad SMARTS) is 1. The van der Waals surface area contributed by atoms with Crippen molar-refractivity contribution in [3.8, 4) is 5.75 Å². The van der Waals surface area contributed by atoms with Gasteiger partial charge in [0.25, 0.3) is 0 Å². The summed E-state index contributed by atoms with van der Waals surface area (Å²) in [4.78, 5) is 11.0. The third kappa shape index (κ3) is 3.23. The molecule has 0 amide bonds. The highest BCUT2D eigenvalue weighted by atomic mass is 79.9.